The van der Waals surface area contributed by atoms with Crippen LogP contribution in [0.25, 0.3) is 22.2 Å². The SMILES string of the molecule is COn1ncc2c(C3CC3)c(-c3ccc(C(C)(C)N)cn3)ccc21. The van der Waals surface area contributed by atoms with Crippen molar-refractivity contribution >= 4 is 10.9 Å². The molecule has 1 aliphatic rings. The van der Waals surface area contributed by atoms with Crippen LogP contribution in [0, 0.1) is 0 Å². The van der Waals surface area contributed by atoms with Crippen LogP contribution in [0.15, 0.2) is 36.7 Å². The molecule has 3 aromatic rings. The maximum Gasteiger partial charge on any atom is 0.110 e. The van der Waals surface area contributed by atoms with Gasteiger partial charge in [0.1, 0.15) is 12.6 Å². The molecule has 0 bridgehead atoms. The van der Waals surface area contributed by atoms with Crippen molar-refractivity contribution < 1.29 is 4.84 Å². The van der Waals surface area contributed by atoms with Crippen molar-refractivity contribution in [3.05, 3.63) is 47.8 Å². The maximum atomic E-state index is 6.16. The summed E-state index contributed by atoms with van der Waals surface area (Å²) >= 11 is 0. The molecule has 1 aliphatic carbocycles. The highest BCUT2D eigenvalue weighted by atomic mass is 16.7. The van der Waals surface area contributed by atoms with Gasteiger partial charge in [-0.1, -0.05) is 17.0 Å². The van der Waals surface area contributed by atoms with Gasteiger partial charge in [-0.3, -0.25) is 4.98 Å². The summed E-state index contributed by atoms with van der Waals surface area (Å²) < 4.78 is 0. The van der Waals surface area contributed by atoms with Gasteiger partial charge < -0.3 is 10.6 Å². The van der Waals surface area contributed by atoms with E-state index in [4.69, 9.17) is 10.6 Å². The van der Waals surface area contributed by atoms with E-state index < -0.39 is 0 Å². The molecule has 0 aliphatic heterocycles. The van der Waals surface area contributed by atoms with Crippen LogP contribution in [-0.2, 0) is 5.54 Å². The molecule has 0 radical (unpaired) electrons. The van der Waals surface area contributed by atoms with Gasteiger partial charge in [0.15, 0.2) is 0 Å². The highest BCUT2D eigenvalue weighted by Crippen LogP contribution is 2.47. The Hall–Kier alpha value is -2.40. The van der Waals surface area contributed by atoms with Gasteiger partial charge in [0.25, 0.3) is 0 Å². The van der Waals surface area contributed by atoms with Gasteiger partial charge in [0.2, 0.25) is 0 Å². The van der Waals surface area contributed by atoms with Crippen LogP contribution in [0.5, 0.6) is 0 Å². The molecule has 2 heterocycles. The number of hydrogen-bond donors (Lipinski definition) is 1. The minimum atomic E-state index is -0.381. The molecule has 0 spiro atoms. The van der Waals surface area contributed by atoms with Crippen molar-refractivity contribution in [2.75, 3.05) is 7.11 Å². The highest BCUT2D eigenvalue weighted by molar-refractivity contribution is 5.89. The van der Waals surface area contributed by atoms with E-state index in [0.29, 0.717) is 5.92 Å². The third-order valence-corrected chi connectivity index (χ3v) is 4.70. The molecule has 4 rings (SSSR count). The van der Waals surface area contributed by atoms with Crippen molar-refractivity contribution in [1.82, 2.24) is 14.9 Å². The van der Waals surface area contributed by atoms with Gasteiger partial charge in [0, 0.05) is 22.7 Å². The van der Waals surface area contributed by atoms with Gasteiger partial charge in [-0.2, -0.15) is 0 Å². The zero-order chi connectivity index (χ0) is 16.9. The molecule has 0 amide bonds. The Balaban J connectivity index is 1.86. The van der Waals surface area contributed by atoms with E-state index in [-0.39, 0.29) is 5.54 Å². The molecule has 5 heteroatoms. The van der Waals surface area contributed by atoms with Crippen LogP contribution in [0.3, 0.4) is 0 Å². The second kappa shape index (κ2) is 5.31. The molecule has 5 nitrogen and oxygen atoms in total. The number of nitrogens with two attached hydrogens (primary N) is 1. The van der Waals surface area contributed by atoms with E-state index >= 15 is 0 Å². The number of pyridine rings is 1. The van der Waals surface area contributed by atoms with Crippen LogP contribution >= 0.6 is 0 Å². The lowest BCUT2D eigenvalue weighted by atomic mass is 9.94. The summed E-state index contributed by atoms with van der Waals surface area (Å²) in [6.07, 6.45) is 6.22. The van der Waals surface area contributed by atoms with Crippen molar-refractivity contribution in [2.45, 2.75) is 38.1 Å². The Bertz CT molecular complexity index is 886. The van der Waals surface area contributed by atoms with Crippen molar-refractivity contribution in [3.63, 3.8) is 0 Å². The smallest absolute Gasteiger partial charge is 0.110 e. The molecule has 2 N–H and O–H groups in total. The molecule has 0 saturated heterocycles. The van der Waals surface area contributed by atoms with E-state index in [1.54, 1.807) is 12.0 Å². The quantitative estimate of drug-likeness (QED) is 0.801. The number of aromatic nitrogens is 3. The molecule has 124 valence electrons. The van der Waals surface area contributed by atoms with Gasteiger partial charge in [-0.05, 0) is 55.9 Å². The minimum absolute atomic E-state index is 0.381. The predicted molar refractivity (Wildman–Crippen MR) is 94.7 cm³/mol. The first-order valence-corrected chi connectivity index (χ1v) is 8.30. The molecular formula is C19H22N4O. The second-order valence-corrected chi connectivity index (χ2v) is 7.09. The topological polar surface area (TPSA) is 66.0 Å². The molecule has 2 aromatic heterocycles. The number of benzene rings is 1. The van der Waals surface area contributed by atoms with E-state index in [1.807, 2.05) is 26.2 Å². The molecule has 0 atom stereocenters. The summed E-state index contributed by atoms with van der Waals surface area (Å²) in [6.45, 7) is 3.98. The summed E-state index contributed by atoms with van der Waals surface area (Å²) in [5.74, 6) is 0.589. The fourth-order valence-corrected chi connectivity index (χ4v) is 3.21. The monoisotopic (exact) mass is 322 g/mol. The maximum absolute atomic E-state index is 6.16. The fraction of sp³-hybridized carbons (Fsp3) is 0.368. The number of rotatable bonds is 4. The van der Waals surface area contributed by atoms with Gasteiger partial charge >= 0.3 is 0 Å². The van der Waals surface area contributed by atoms with Crippen LogP contribution in [0.1, 0.15) is 43.7 Å². The Labute approximate surface area is 141 Å². The number of fused-ring (bicyclic) bond motifs is 1. The Morgan fingerprint density at radius 2 is 1.96 bits per heavy atom. The largest absolute Gasteiger partial charge is 0.400 e. The van der Waals surface area contributed by atoms with Gasteiger partial charge in [-0.25, -0.2) is 0 Å². The summed E-state index contributed by atoms with van der Waals surface area (Å²) in [5.41, 5.74) is 11.3. The van der Waals surface area contributed by atoms with Crippen molar-refractivity contribution in [2.24, 2.45) is 5.73 Å². The summed E-state index contributed by atoms with van der Waals surface area (Å²) in [6, 6.07) is 8.32. The van der Waals surface area contributed by atoms with E-state index in [0.717, 1.165) is 22.2 Å². The normalized spacial score (nSPS) is 15.0. The van der Waals surface area contributed by atoms with E-state index in [9.17, 15) is 0 Å². The Kier molecular flexibility index (Phi) is 3.35. The Morgan fingerprint density at radius 1 is 1.17 bits per heavy atom. The van der Waals surface area contributed by atoms with Crippen LogP contribution in [-0.4, -0.2) is 22.0 Å². The van der Waals surface area contributed by atoms with Crippen LogP contribution < -0.4 is 10.6 Å². The summed E-state index contributed by atoms with van der Waals surface area (Å²) in [4.78, 5) is 11.5. The zero-order valence-corrected chi connectivity index (χ0v) is 14.3. The first-order chi connectivity index (χ1) is 11.5. The zero-order valence-electron chi connectivity index (χ0n) is 14.3. The van der Waals surface area contributed by atoms with Crippen molar-refractivity contribution in [1.29, 1.82) is 0 Å². The molecule has 1 aromatic carbocycles. The molecule has 0 unspecified atom stereocenters. The molecule has 1 fully saturated rings. The molecule has 1 saturated carbocycles. The lowest BCUT2D eigenvalue weighted by Crippen LogP contribution is -2.28. The lowest BCUT2D eigenvalue weighted by Gasteiger charge is -2.19. The van der Waals surface area contributed by atoms with Crippen LogP contribution in [0.2, 0.25) is 0 Å². The third kappa shape index (κ3) is 2.45. The van der Waals surface area contributed by atoms with Crippen LogP contribution in [0.4, 0.5) is 0 Å². The first kappa shape index (κ1) is 15.1. The molecular weight excluding hydrogens is 300 g/mol. The lowest BCUT2D eigenvalue weighted by molar-refractivity contribution is 0.145. The second-order valence-electron chi connectivity index (χ2n) is 7.09. The fourth-order valence-electron chi connectivity index (χ4n) is 3.21. The average molecular weight is 322 g/mol. The molecule has 24 heavy (non-hydrogen) atoms. The van der Waals surface area contributed by atoms with E-state index in [2.05, 4.69) is 34.3 Å². The first-order valence-electron chi connectivity index (χ1n) is 8.30. The van der Waals surface area contributed by atoms with Gasteiger partial charge in [0.05, 0.1) is 11.9 Å². The average Bonchev–Trinajstić information content (AvgIpc) is 3.32. The summed E-state index contributed by atoms with van der Waals surface area (Å²) in [7, 11) is 1.63. The van der Waals surface area contributed by atoms with Crippen molar-refractivity contribution in [3.8, 4) is 11.3 Å². The van der Waals surface area contributed by atoms with Gasteiger partial charge in [-0.15, -0.1) is 5.10 Å². The predicted octanol–water partition coefficient (Wildman–Crippen LogP) is 3.23. The minimum Gasteiger partial charge on any atom is -0.400 e. The van der Waals surface area contributed by atoms with E-state index in [1.165, 1.54) is 24.0 Å². The third-order valence-electron chi connectivity index (χ3n) is 4.70. The summed E-state index contributed by atoms with van der Waals surface area (Å²) in [5, 5.41) is 5.48. The number of hydrogen-bond acceptors (Lipinski definition) is 4. The number of nitrogens with zero attached hydrogens (tertiary/aromatic N) is 3. The Morgan fingerprint density at radius 3 is 2.54 bits per heavy atom. The standard InChI is InChI=1S/C19H22N4O/c1-19(2,20)13-6-8-16(21-10-13)14-7-9-17-15(11-22-23(17)24-3)18(14)12-4-5-12/h6-12H,4-5,20H2,1-3H3. The highest BCUT2D eigenvalue weighted by Gasteiger charge is 2.30.